The summed E-state index contributed by atoms with van der Waals surface area (Å²) < 4.78 is 0. The number of nitrogens with zero attached hydrogens (tertiary/aromatic N) is 2. The Bertz CT molecular complexity index is 511. The first-order valence-electron chi connectivity index (χ1n) is 9.47. The van der Waals surface area contributed by atoms with Crippen molar-refractivity contribution >= 4 is 5.91 Å². The van der Waals surface area contributed by atoms with E-state index in [9.17, 15) is 4.79 Å². The molecule has 3 atom stereocenters. The molecule has 134 valence electrons. The Labute approximate surface area is 144 Å². The lowest BCUT2D eigenvalue weighted by Gasteiger charge is -2.35. The van der Waals surface area contributed by atoms with E-state index in [2.05, 4.69) is 34.6 Å². The fourth-order valence-electron chi connectivity index (χ4n) is 4.20. The zero-order valence-corrected chi connectivity index (χ0v) is 14.8. The summed E-state index contributed by atoms with van der Waals surface area (Å²) in [6, 6.07) is 0.599. The van der Waals surface area contributed by atoms with Gasteiger partial charge in [0.15, 0.2) is 0 Å². The van der Waals surface area contributed by atoms with Gasteiger partial charge in [0.25, 0.3) is 0 Å². The van der Waals surface area contributed by atoms with E-state index < -0.39 is 0 Å². The second-order valence-electron chi connectivity index (χ2n) is 8.12. The number of hydroxylamine groups is 1. The first-order chi connectivity index (χ1) is 11.6. The Balaban J connectivity index is 1.29. The third-order valence-corrected chi connectivity index (χ3v) is 6.07. The number of amides is 1. The molecule has 4 aliphatic rings. The fraction of sp³-hybridized carbons (Fsp3) is 0.833. The molecule has 0 spiro atoms. The molecule has 4 rings (SSSR count). The Morgan fingerprint density at radius 3 is 2.71 bits per heavy atom. The maximum atomic E-state index is 12.5. The molecule has 0 aromatic heterocycles. The van der Waals surface area contributed by atoms with Crippen LogP contribution in [0.25, 0.3) is 0 Å². The third-order valence-electron chi connectivity index (χ3n) is 6.07. The van der Waals surface area contributed by atoms with Gasteiger partial charge in [-0.1, -0.05) is 6.92 Å². The predicted octanol–water partition coefficient (Wildman–Crippen LogP) is 0.714. The third kappa shape index (κ3) is 3.46. The van der Waals surface area contributed by atoms with Gasteiger partial charge in [0.1, 0.15) is 11.8 Å². The minimum Gasteiger partial charge on any atom is -0.412 e. The van der Waals surface area contributed by atoms with Crippen LogP contribution in [0.5, 0.6) is 0 Å². The van der Waals surface area contributed by atoms with Crippen LogP contribution >= 0.6 is 0 Å². The van der Waals surface area contributed by atoms with Crippen LogP contribution in [0.1, 0.15) is 32.6 Å². The van der Waals surface area contributed by atoms with Crippen LogP contribution in [0.15, 0.2) is 11.8 Å². The molecule has 0 bridgehead atoms. The van der Waals surface area contributed by atoms with Crippen LogP contribution in [-0.4, -0.2) is 67.1 Å². The van der Waals surface area contributed by atoms with Gasteiger partial charge in [-0.2, -0.15) is 0 Å². The van der Waals surface area contributed by atoms with Crippen LogP contribution in [0.2, 0.25) is 0 Å². The minimum atomic E-state index is -0.329. The summed E-state index contributed by atoms with van der Waals surface area (Å²) in [5.41, 5.74) is 2.87. The van der Waals surface area contributed by atoms with Gasteiger partial charge in [-0.15, -0.1) is 5.48 Å². The summed E-state index contributed by atoms with van der Waals surface area (Å²) in [6.45, 7) is 6.70. The molecular weight excluding hydrogens is 304 g/mol. The molecule has 3 unspecified atom stereocenters. The molecule has 1 amide bonds. The molecule has 6 nitrogen and oxygen atoms in total. The van der Waals surface area contributed by atoms with Crippen LogP contribution in [0, 0.1) is 11.8 Å². The van der Waals surface area contributed by atoms with E-state index >= 15 is 0 Å². The maximum absolute atomic E-state index is 12.5. The molecule has 1 aliphatic carbocycles. The molecule has 6 heteroatoms. The summed E-state index contributed by atoms with van der Waals surface area (Å²) in [4.78, 5) is 23.0. The van der Waals surface area contributed by atoms with Crippen LogP contribution in [0.4, 0.5) is 0 Å². The number of carbonyl (C=O) groups is 1. The SMILES string of the molecule is CC1CN(C2CCN(C)CC2)CC1NC(=O)C1C=C(C2CC2)ON1. The second kappa shape index (κ2) is 6.65. The first kappa shape index (κ1) is 16.4. The number of rotatable bonds is 4. The van der Waals surface area contributed by atoms with Gasteiger partial charge in [0.2, 0.25) is 5.91 Å². The van der Waals surface area contributed by atoms with Crippen molar-refractivity contribution in [1.82, 2.24) is 20.6 Å². The van der Waals surface area contributed by atoms with E-state index in [0.29, 0.717) is 17.9 Å². The van der Waals surface area contributed by atoms with Crippen molar-refractivity contribution in [3.05, 3.63) is 11.8 Å². The number of allylic oxidation sites excluding steroid dienone is 1. The smallest absolute Gasteiger partial charge is 0.244 e. The predicted molar refractivity (Wildman–Crippen MR) is 92.0 cm³/mol. The summed E-state index contributed by atoms with van der Waals surface area (Å²) in [5, 5.41) is 3.25. The van der Waals surface area contributed by atoms with E-state index in [1.54, 1.807) is 0 Å². The number of carbonyl (C=O) groups excluding carboxylic acids is 1. The molecule has 3 fully saturated rings. The highest BCUT2D eigenvalue weighted by Crippen LogP contribution is 2.38. The summed E-state index contributed by atoms with van der Waals surface area (Å²) in [5.74, 6) is 2.05. The highest BCUT2D eigenvalue weighted by molar-refractivity contribution is 5.84. The summed E-state index contributed by atoms with van der Waals surface area (Å²) >= 11 is 0. The number of hydrogen-bond donors (Lipinski definition) is 2. The fourth-order valence-corrected chi connectivity index (χ4v) is 4.20. The molecule has 3 aliphatic heterocycles. The monoisotopic (exact) mass is 334 g/mol. The Hall–Kier alpha value is -1.11. The van der Waals surface area contributed by atoms with Gasteiger partial charge in [0, 0.05) is 31.1 Å². The normalized spacial score (nSPS) is 35.8. The highest BCUT2D eigenvalue weighted by Gasteiger charge is 2.38. The van der Waals surface area contributed by atoms with Crippen molar-refractivity contribution < 1.29 is 9.63 Å². The lowest BCUT2D eigenvalue weighted by atomic mass is 10.0. The molecule has 2 saturated heterocycles. The van der Waals surface area contributed by atoms with Gasteiger partial charge in [-0.25, -0.2) is 0 Å². The number of piperidine rings is 1. The maximum Gasteiger partial charge on any atom is 0.244 e. The van der Waals surface area contributed by atoms with E-state index in [0.717, 1.165) is 18.8 Å². The van der Waals surface area contributed by atoms with Crippen molar-refractivity contribution in [3.8, 4) is 0 Å². The van der Waals surface area contributed by atoms with Crippen LogP contribution < -0.4 is 10.8 Å². The van der Waals surface area contributed by atoms with Crippen molar-refractivity contribution in [3.63, 3.8) is 0 Å². The number of likely N-dealkylation sites (tertiary alicyclic amines) is 2. The standard InChI is InChI=1S/C18H30N4O2/c1-12-10-22(14-5-7-21(2)8-6-14)11-16(12)19-18(23)15-9-17(24-20-15)13-3-4-13/h9,12-16,20H,3-8,10-11H2,1-2H3,(H,19,23). The average Bonchev–Trinajstić information content (AvgIpc) is 3.19. The van der Waals surface area contributed by atoms with Gasteiger partial charge >= 0.3 is 0 Å². The highest BCUT2D eigenvalue weighted by atomic mass is 16.7. The largest absolute Gasteiger partial charge is 0.412 e. The van der Waals surface area contributed by atoms with Crippen molar-refractivity contribution in [2.75, 3.05) is 33.2 Å². The Kier molecular flexibility index (Phi) is 4.54. The molecule has 0 radical (unpaired) electrons. The lowest BCUT2D eigenvalue weighted by Crippen LogP contribution is -2.48. The van der Waals surface area contributed by atoms with Crippen LogP contribution in [-0.2, 0) is 9.63 Å². The zero-order chi connectivity index (χ0) is 16.7. The number of hydrogen-bond acceptors (Lipinski definition) is 5. The van der Waals surface area contributed by atoms with Gasteiger partial charge in [-0.05, 0) is 57.8 Å². The van der Waals surface area contributed by atoms with E-state index in [-0.39, 0.29) is 18.0 Å². The molecule has 1 saturated carbocycles. The molecule has 0 aromatic carbocycles. The zero-order valence-electron chi connectivity index (χ0n) is 14.8. The second-order valence-corrected chi connectivity index (χ2v) is 8.12. The van der Waals surface area contributed by atoms with Crippen LogP contribution in [0.3, 0.4) is 0 Å². The molecule has 2 N–H and O–H groups in total. The molecule has 3 heterocycles. The average molecular weight is 334 g/mol. The number of nitrogens with one attached hydrogen (secondary N) is 2. The molecule has 0 aromatic rings. The first-order valence-corrected chi connectivity index (χ1v) is 9.47. The van der Waals surface area contributed by atoms with Gasteiger partial charge < -0.3 is 15.1 Å². The van der Waals surface area contributed by atoms with E-state index in [1.807, 2.05) is 6.08 Å². The van der Waals surface area contributed by atoms with Crippen molar-refractivity contribution in [2.24, 2.45) is 11.8 Å². The quantitative estimate of drug-likeness (QED) is 0.793. The topological polar surface area (TPSA) is 56.8 Å². The van der Waals surface area contributed by atoms with Crippen molar-refractivity contribution in [1.29, 1.82) is 0 Å². The minimum absolute atomic E-state index is 0.0488. The summed E-state index contributed by atoms with van der Waals surface area (Å²) in [7, 11) is 2.20. The molecular formula is C18H30N4O2. The van der Waals surface area contributed by atoms with Gasteiger partial charge in [-0.3, -0.25) is 9.69 Å². The van der Waals surface area contributed by atoms with E-state index in [4.69, 9.17) is 4.84 Å². The van der Waals surface area contributed by atoms with Crippen molar-refractivity contribution in [2.45, 2.75) is 50.7 Å². The molecule has 24 heavy (non-hydrogen) atoms. The summed E-state index contributed by atoms with van der Waals surface area (Å²) in [6.07, 6.45) is 6.83. The Morgan fingerprint density at radius 2 is 2.00 bits per heavy atom. The lowest BCUT2D eigenvalue weighted by molar-refractivity contribution is -0.124. The Morgan fingerprint density at radius 1 is 1.25 bits per heavy atom. The van der Waals surface area contributed by atoms with Gasteiger partial charge in [0.05, 0.1) is 0 Å². The van der Waals surface area contributed by atoms with E-state index in [1.165, 1.54) is 38.8 Å².